The van der Waals surface area contributed by atoms with Crippen LogP contribution in [0.1, 0.15) is 25.8 Å². The summed E-state index contributed by atoms with van der Waals surface area (Å²) in [6.07, 6.45) is 3.54. The summed E-state index contributed by atoms with van der Waals surface area (Å²) in [7, 11) is 0. The Morgan fingerprint density at radius 2 is 2.29 bits per heavy atom. The van der Waals surface area contributed by atoms with Crippen molar-refractivity contribution in [2.75, 3.05) is 0 Å². The maximum Gasteiger partial charge on any atom is 0.329 e. The predicted octanol–water partition coefficient (Wildman–Crippen LogP) is 0.462. The number of nitrogens with zero attached hydrogens (tertiary/aromatic N) is 1. The molecule has 17 heavy (non-hydrogen) atoms. The molecule has 1 atom stereocenters. The van der Waals surface area contributed by atoms with Gasteiger partial charge in [0.05, 0.1) is 6.20 Å². The molecule has 0 aliphatic heterocycles. The van der Waals surface area contributed by atoms with E-state index in [0.717, 1.165) is 5.56 Å². The molecule has 0 fully saturated rings. The van der Waals surface area contributed by atoms with E-state index in [2.05, 4.69) is 20.8 Å². The van der Waals surface area contributed by atoms with Crippen LogP contribution in [0.25, 0.3) is 0 Å². The van der Waals surface area contributed by atoms with Crippen LogP contribution in [0, 0.1) is 0 Å². The summed E-state index contributed by atoms with van der Waals surface area (Å²) in [6, 6.07) is -0.516. The van der Waals surface area contributed by atoms with E-state index in [0.29, 0.717) is 13.0 Å². The number of hydrogen-bond acceptors (Lipinski definition) is 3. The van der Waals surface area contributed by atoms with Crippen molar-refractivity contribution in [3.05, 3.63) is 18.0 Å². The maximum atomic E-state index is 11.5. The van der Waals surface area contributed by atoms with E-state index in [1.807, 2.05) is 0 Å². The fourth-order valence-corrected chi connectivity index (χ4v) is 1.14. The van der Waals surface area contributed by atoms with Gasteiger partial charge >= 0.3 is 12.0 Å². The van der Waals surface area contributed by atoms with Gasteiger partial charge in [-0.05, 0) is 13.3 Å². The van der Waals surface area contributed by atoms with E-state index in [1.165, 1.54) is 6.92 Å². The van der Waals surface area contributed by atoms with E-state index in [9.17, 15) is 9.59 Å². The normalized spacial score (nSPS) is 13.8. The highest BCUT2D eigenvalue weighted by Crippen LogP contribution is 2.08. The number of aromatic amines is 1. The number of carboxylic acids is 1. The molecule has 0 spiro atoms. The molecule has 94 valence electrons. The summed E-state index contributed by atoms with van der Waals surface area (Å²) in [4.78, 5) is 22.5. The Bertz CT molecular complexity index is 390. The Kier molecular flexibility index (Phi) is 4.08. The lowest BCUT2D eigenvalue weighted by Gasteiger charge is -2.24. The van der Waals surface area contributed by atoms with Gasteiger partial charge in [0.2, 0.25) is 0 Å². The fraction of sp³-hybridized carbons (Fsp3) is 0.500. The highest BCUT2D eigenvalue weighted by molar-refractivity contribution is 5.85. The number of rotatable bonds is 5. The largest absolute Gasteiger partial charge is 0.480 e. The second-order valence-corrected chi connectivity index (χ2v) is 3.91. The van der Waals surface area contributed by atoms with Gasteiger partial charge in [-0.1, -0.05) is 6.92 Å². The van der Waals surface area contributed by atoms with Gasteiger partial charge in [0.15, 0.2) is 0 Å². The molecule has 0 bridgehead atoms. The number of amides is 2. The SMILES string of the molecule is CCC(C)(NC(=O)NCc1cn[nH]c1)C(=O)O. The summed E-state index contributed by atoms with van der Waals surface area (Å²) in [6.45, 7) is 3.46. The number of carbonyl (C=O) groups excluding carboxylic acids is 1. The molecule has 7 nitrogen and oxygen atoms in total. The van der Waals surface area contributed by atoms with Crippen molar-refractivity contribution < 1.29 is 14.7 Å². The quantitative estimate of drug-likeness (QED) is 0.599. The fourth-order valence-electron chi connectivity index (χ4n) is 1.14. The smallest absolute Gasteiger partial charge is 0.329 e. The molecule has 0 aliphatic rings. The van der Waals surface area contributed by atoms with Crippen LogP contribution in [-0.4, -0.2) is 32.8 Å². The minimum atomic E-state index is -1.25. The van der Waals surface area contributed by atoms with Crippen molar-refractivity contribution in [1.82, 2.24) is 20.8 Å². The summed E-state index contributed by atoms with van der Waals surface area (Å²) in [5.41, 5.74) is -0.436. The number of aromatic nitrogens is 2. The van der Waals surface area contributed by atoms with Crippen LogP contribution in [0.2, 0.25) is 0 Å². The molecule has 0 saturated heterocycles. The van der Waals surface area contributed by atoms with Gasteiger partial charge < -0.3 is 15.7 Å². The molecule has 0 aromatic carbocycles. The first-order valence-electron chi connectivity index (χ1n) is 5.25. The molecule has 4 N–H and O–H groups in total. The molecule has 0 radical (unpaired) electrons. The van der Waals surface area contributed by atoms with Gasteiger partial charge in [0.25, 0.3) is 0 Å². The highest BCUT2D eigenvalue weighted by atomic mass is 16.4. The molecular weight excluding hydrogens is 224 g/mol. The minimum Gasteiger partial charge on any atom is -0.480 e. The lowest BCUT2D eigenvalue weighted by atomic mass is 10.00. The van der Waals surface area contributed by atoms with Gasteiger partial charge in [-0.15, -0.1) is 0 Å². The standard InChI is InChI=1S/C10H16N4O3/c1-3-10(2,8(15)16)14-9(17)11-4-7-5-12-13-6-7/h5-6H,3-4H2,1-2H3,(H,12,13)(H,15,16)(H2,11,14,17). The molecule has 0 aliphatic carbocycles. The lowest BCUT2D eigenvalue weighted by molar-refractivity contribution is -0.143. The van der Waals surface area contributed by atoms with Crippen LogP contribution in [0.3, 0.4) is 0 Å². The second-order valence-electron chi connectivity index (χ2n) is 3.91. The zero-order chi connectivity index (χ0) is 12.9. The van der Waals surface area contributed by atoms with Crippen molar-refractivity contribution in [2.24, 2.45) is 0 Å². The van der Waals surface area contributed by atoms with Crippen LogP contribution < -0.4 is 10.6 Å². The molecule has 0 saturated carbocycles. The average molecular weight is 240 g/mol. The van der Waals surface area contributed by atoms with Crippen LogP contribution in [0.5, 0.6) is 0 Å². The Hall–Kier alpha value is -2.05. The summed E-state index contributed by atoms with van der Waals surface area (Å²) in [5.74, 6) is -1.06. The number of H-pyrrole nitrogens is 1. The van der Waals surface area contributed by atoms with Gasteiger partial charge in [0, 0.05) is 18.3 Å². The second kappa shape index (κ2) is 5.33. The van der Waals surface area contributed by atoms with E-state index in [1.54, 1.807) is 19.3 Å². The Morgan fingerprint density at radius 3 is 2.76 bits per heavy atom. The third-order valence-electron chi connectivity index (χ3n) is 2.58. The molecular formula is C10H16N4O3. The number of hydrogen-bond donors (Lipinski definition) is 4. The maximum absolute atomic E-state index is 11.5. The highest BCUT2D eigenvalue weighted by Gasteiger charge is 2.32. The monoisotopic (exact) mass is 240 g/mol. The molecule has 1 rings (SSSR count). The Labute approximate surface area is 98.6 Å². The predicted molar refractivity (Wildman–Crippen MR) is 60.3 cm³/mol. The lowest BCUT2D eigenvalue weighted by Crippen LogP contribution is -2.54. The van der Waals surface area contributed by atoms with Crippen LogP contribution in [0.4, 0.5) is 4.79 Å². The molecule has 1 unspecified atom stereocenters. The van der Waals surface area contributed by atoms with Gasteiger partial charge in [0.1, 0.15) is 5.54 Å². The summed E-state index contributed by atoms with van der Waals surface area (Å²) >= 11 is 0. The Morgan fingerprint density at radius 1 is 1.59 bits per heavy atom. The number of aliphatic carboxylic acids is 1. The first-order chi connectivity index (χ1) is 7.98. The number of urea groups is 1. The molecule has 1 aromatic rings. The minimum absolute atomic E-state index is 0.293. The average Bonchev–Trinajstić information content (AvgIpc) is 2.78. The third-order valence-corrected chi connectivity index (χ3v) is 2.58. The molecule has 2 amide bonds. The van der Waals surface area contributed by atoms with Crippen molar-refractivity contribution in [2.45, 2.75) is 32.4 Å². The van der Waals surface area contributed by atoms with Crippen molar-refractivity contribution in [1.29, 1.82) is 0 Å². The van der Waals surface area contributed by atoms with Crippen molar-refractivity contribution in [3.63, 3.8) is 0 Å². The topological polar surface area (TPSA) is 107 Å². The van der Waals surface area contributed by atoms with E-state index >= 15 is 0 Å². The first-order valence-corrected chi connectivity index (χ1v) is 5.25. The van der Waals surface area contributed by atoms with Gasteiger partial charge in [-0.2, -0.15) is 5.10 Å². The molecule has 1 heterocycles. The van der Waals surface area contributed by atoms with Crippen molar-refractivity contribution >= 4 is 12.0 Å². The number of nitrogens with one attached hydrogen (secondary N) is 3. The molecule has 1 aromatic heterocycles. The van der Waals surface area contributed by atoms with Crippen LogP contribution in [0.15, 0.2) is 12.4 Å². The zero-order valence-corrected chi connectivity index (χ0v) is 9.78. The zero-order valence-electron chi connectivity index (χ0n) is 9.78. The van der Waals surface area contributed by atoms with Gasteiger partial charge in [-0.3, -0.25) is 5.10 Å². The Balaban J connectivity index is 2.46. The van der Waals surface area contributed by atoms with E-state index < -0.39 is 17.5 Å². The third kappa shape index (κ3) is 3.47. The molecule has 7 heteroatoms. The van der Waals surface area contributed by atoms with E-state index in [4.69, 9.17) is 5.11 Å². The summed E-state index contributed by atoms with van der Waals surface area (Å²) in [5, 5.41) is 20.3. The summed E-state index contributed by atoms with van der Waals surface area (Å²) < 4.78 is 0. The van der Waals surface area contributed by atoms with E-state index in [-0.39, 0.29) is 0 Å². The van der Waals surface area contributed by atoms with Crippen LogP contribution >= 0.6 is 0 Å². The van der Waals surface area contributed by atoms with Gasteiger partial charge in [-0.25, -0.2) is 9.59 Å². The first kappa shape index (κ1) is 13.0. The number of carboxylic acid groups (broad SMARTS) is 1. The van der Waals surface area contributed by atoms with Crippen molar-refractivity contribution in [3.8, 4) is 0 Å². The number of carbonyl (C=O) groups is 2. The van der Waals surface area contributed by atoms with Crippen LogP contribution in [-0.2, 0) is 11.3 Å².